The fraction of sp³-hybridized carbons (Fsp3) is 0.167. The molecule has 0 spiro atoms. The highest BCUT2D eigenvalue weighted by atomic mass is 31.2. The van der Waals surface area contributed by atoms with Crippen LogP contribution >= 0.6 is 7.82 Å². The number of hydrogen-bond acceptors (Lipinski definition) is 5. The molecular weight excluding hydrogens is 359 g/mol. The van der Waals surface area contributed by atoms with Crippen LogP contribution in [0.5, 0.6) is 0 Å². The van der Waals surface area contributed by atoms with E-state index in [0.29, 0.717) is 11.1 Å². The highest BCUT2D eigenvalue weighted by molar-refractivity contribution is 7.46. The van der Waals surface area contributed by atoms with Crippen LogP contribution in [0.2, 0.25) is 0 Å². The van der Waals surface area contributed by atoms with Gasteiger partial charge in [0.05, 0.1) is 6.61 Å². The van der Waals surface area contributed by atoms with E-state index in [1.165, 1.54) is 0 Å². The maximum absolute atomic E-state index is 12.3. The SMILES string of the molecule is CC(C(=O)OOCCOP(=O)(O)O)=C(c1ccccc1)c1ccccc1. The molecule has 2 aromatic rings. The molecule has 0 saturated heterocycles. The van der Waals surface area contributed by atoms with Crippen LogP contribution in [0, 0.1) is 0 Å². The van der Waals surface area contributed by atoms with Crippen molar-refractivity contribution in [3.63, 3.8) is 0 Å². The number of phosphoric ester groups is 1. The third kappa shape index (κ3) is 6.22. The van der Waals surface area contributed by atoms with Crippen LogP contribution < -0.4 is 0 Å². The van der Waals surface area contributed by atoms with Crippen molar-refractivity contribution in [2.24, 2.45) is 0 Å². The van der Waals surface area contributed by atoms with Crippen LogP contribution in [0.1, 0.15) is 18.1 Å². The number of phosphoric acid groups is 1. The molecule has 0 heterocycles. The summed E-state index contributed by atoms with van der Waals surface area (Å²) in [6.45, 7) is 0.897. The standard InChI is InChI=1S/C18H19O7P/c1-14(18(19)25-23-12-13-24-26(20,21)22)17(15-8-4-2-5-9-15)16-10-6-3-7-11-16/h2-11H,12-13H2,1H3,(H2,20,21,22). The molecule has 138 valence electrons. The summed E-state index contributed by atoms with van der Waals surface area (Å²) in [5, 5.41) is 0. The average Bonchev–Trinajstić information content (AvgIpc) is 2.62. The molecule has 2 aromatic carbocycles. The van der Waals surface area contributed by atoms with Crippen LogP contribution in [-0.4, -0.2) is 29.0 Å². The first-order valence-electron chi connectivity index (χ1n) is 7.74. The Labute approximate surface area is 151 Å². The summed E-state index contributed by atoms with van der Waals surface area (Å²) >= 11 is 0. The molecule has 0 amide bonds. The van der Waals surface area contributed by atoms with Gasteiger partial charge in [-0.15, -0.1) is 0 Å². The Morgan fingerprint density at radius 1 is 0.923 bits per heavy atom. The zero-order chi connectivity index (χ0) is 19.0. The second-order valence-electron chi connectivity index (χ2n) is 5.25. The first-order valence-corrected chi connectivity index (χ1v) is 9.27. The monoisotopic (exact) mass is 378 g/mol. The molecular formula is C18H19O7P. The first-order chi connectivity index (χ1) is 12.4. The van der Waals surface area contributed by atoms with Crippen LogP contribution in [0.4, 0.5) is 0 Å². The van der Waals surface area contributed by atoms with E-state index in [-0.39, 0.29) is 6.61 Å². The lowest BCUT2D eigenvalue weighted by molar-refractivity contribution is -0.270. The van der Waals surface area contributed by atoms with Gasteiger partial charge in [-0.3, -0.25) is 9.41 Å². The fourth-order valence-electron chi connectivity index (χ4n) is 2.26. The van der Waals surface area contributed by atoms with Crippen molar-refractivity contribution in [1.82, 2.24) is 0 Å². The molecule has 7 nitrogen and oxygen atoms in total. The summed E-state index contributed by atoms with van der Waals surface area (Å²) in [6.07, 6.45) is 0. The maximum atomic E-state index is 12.3. The normalized spacial score (nSPS) is 11.0. The quantitative estimate of drug-likeness (QED) is 0.239. The molecule has 0 unspecified atom stereocenters. The van der Waals surface area contributed by atoms with E-state index in [1.54, 1.807) is 6.92 Å². The third-order valence-electron chi connectivity index (χ3n) is 3.37. The Hall–Kier alpha value is -2.28. The van der Waals surface area contributed by atoms with E-state index < -0.39 is 20.4 Å². The van der Waals surface area contributed by atoms with Crippen molar-refractivity contribution in [3.8, 4) is 0 Å². The van der Waals surface area contributed by atoms with E-state index in [2.05, 4.69) is 9.41 Å². The molecule has 0 radical (unpaired) electrons. The molecule has 8 heteroatoms. The minimum absolute atomic E-state index is 0.309. The highest BCUT2D eigenvalue weighted by Gasteiger charge is 2.17. The Kier molecular flexibility index (Phi) is 7.26. The van der Waals surface area contributed by atoms with Crippen molar-refractivity contribution in [1.29, 1.82) is 0 Å². The zero-order valence-electron chi connectivity index (χ0n) is 14.1. The summed E-state index contributed by atoms with van der Waals surface area (Å²) in [7, 11) is -4.57. The van der Waals surface area contributed by atoms with E-state index >= 15 is 0 Å². The van der Waals surface area contributed by atoms with Gasteiger partial charge >= 0.3 is 13.8 Å². The lowest BCUT2D eigenvalue weighted by atomic mass is 9.94. The molecule has 26 heavy (non-hydrogen) atoms. The molecule has 0 atom stereocenters. The van der Waals surface area contributed by atoms with Crippen LogP contribution in [0.15, 0.2) is 66.2 Å². The van der Waals surface area contributed by atoms with Gasteiger partial charge in [-0.05, 0) is 23.6 Å². The van der Waals surface area contributed by atoms with Gasteiger partial charge in [0.2, 0.25) is 0 Å². The maximum Gasteiger partial charge on any atom is 0.469 e. The summed E-state index contributed by atoms with van der Waals surface area (Å²) < 4.78 is 14.7. The molecule has 0 aromatic heterocycles. The molecule has 0 bridgehead atoms. The number of rotatable bonds is 8. The minimum Gasteiger partial charge on any atom is -0.303 e. The first kappa shape index (κ1) is 20.0. The fourth-order valence-corrected chi connectivity index (χ4v) is 2.57. The summed E-state index contributed by atoms with van der Waals surface area (Å²) in [4.78, 5) is 38.8. The predicted molar refractivity (Wildman–Crippen MR) is 94.6 cm³/mol. The number of hydrogen-bond donors (Lipinski definition) is 2. The Morgan fingerprint density at radius 2 is 1.42 bits per heavy atom. The molecule has 0 aliphatic rings. The largest absolute Gasteiger partial charge is 0.469 e. The Bertz CT molecular complexity index is 755. The van der Waals surface area contributed by atoms with Crippen molar-refractivity contribution in [2.75, 3.05) is 13.2 Å². The van der Waals surface area contributed by atoms with Gasteiger partial charge in [-0.1, -0.05) is 60.7 Å². The van der Waals surface area contributed by atoms with Crippen molar-refractivity contribution < 1.29 is 33.4 Å². The van der Waals surface area contributed by atoms with Gasteiger partial charge < -0.3 is 9.79 Å². The minimum atomic E-state index is -4.57. The van der Waals surface area contributed by atoms with E-state index in [4.69, 9.17) is 14.7 Å². The average molecular weight is 378 g/mol. The van der Waals surface area contributed by atoms with Crippen molar-refractivity contribution in [3.05, 3.63) is 77.4 Å². The number of benzene rings is 2. The summed E-state index contributed by atoms with van der Waals surface area (Å²) in [5.41, 5.74) is 2.72. The zero-order valence-corrected chi connectivity index (χ0v) is 15.0. The highest BCUT2D eigenvalue weighted by Crippen LogP contribution is 2.35. The van der Waals surface area contributed by atoms with Crippen LogP contribution in [0.3, 0.4) is 0 Å². The Morgan fingerprint density at radius 3 is 1.88 bits per heavy atom. The molecule has 0 fully saturated rings. The lowest BCUT2D eigenvalue weighted by Crippen LogP contribution is -2.12. The summed E-state index contributed by atoms with van der Waals surface area (Å²) in [6, 6.07) is 18.8. The van der Waals surface area contributed by atoms with Gasteiger partial charge in [-0.25, -0.2) is 9.36 Å². The topological polar surface area (TPSA) is 102 Å². The second kappa shape index (κ2) is 9.43. The van der Waals surface area contributed by atoms with Crippen molar-refractivity contribution >= 4 is 19.4 Å². The predicted octanol–water partition coefficient (Wildman–Crippen LogP) is 3.09. The molecule has 0 aliphatic heterocycles. The van der Waals surface area contributed by atoms with E-state index in [0.717, 1.165) is 11.1 Å². The molecule has 2 N–H and O–H groups in total. The van der Waals surface area contributed by atoms with Gasteiger partial charge in [0.15, 0.2) is 0 Å². The third-order valence-corrected chi connectivity index (χ3v) is 3.89. The second-order valence-corrected chi connectivity index (χ2v) is 6.49. The van der Waals surface area contributed by atoms with E-state index in [9.17, 15) is 9.36 Å². The van der Waals surface area contributed by atoms with Crippen LogP contribution in [0.25, 0.3) is 5.57 Å². The van der Waals surface area contributed by atoms with Gasteiger partial charge in [-0.2, -0.15) is 4.89 Å². The molecule has 0 saturated carbocycles. The van der Waals surface area contributed by atoms with Gasteiger partial charge in [0.25, 0.3) is 0 Å². The number of carbonyl (C=O) groups is 1. The summed E-state index contributed by atoms with van der Waals surface area (Å²) in [5.74, 6) is -0.705. The number of carbonyl (C=O) groups excluding carboxylic acids is 1. The van der Waals surface area contributed by atoms with Crippen LogP contribution in [-0.2, 0) is 23.7 Å². The molecule has 2 rings (SSSR count). The Balaban J connectivity index is 2.13. The van der Waals surface area contributed by atoms with Gasteiger partial charge in [0, 0.05) is 5.57 Å². The lowest BCUT2D eigenvalue weighted by Gasteiger charge is -2.12. The van der Waals surface area contributed by atoms with Crippen molar-refractivity contribution in [2.45, 2.75) is 6.92 Å². The molecule has 0 aliphatic carbocycles. The smallest absolute Gasteiger partial charge is 0.303 e. The van der Waals surface area contributed by atoms with E-state index in [1.807, 2.05) is 60.7 Å². The van der Waals surface area contributed by atoms with Gasteiger partial charge in [0.1, 0.15) is 6.61 Å².